The zero-order valence-electron chi connectivity index (χ0n) is 9.27. The second kappa shape index (κ2) is 4.52. The topological polar surface area (TPSA) is 29.1 Å². The molecule has 0 saturated heterocycles. The lowest BCUT2D eigenvalue weighted by Gasteiger charge is -2.30. The highest BCUT2D eigenvalue weighted by atomic mass is 35.5. The number of hydrogen-bond acceptors (Lipinski definition) is 1. The predicted molar refractivity (Wildman–Crippen MR) is 59.5 cm³/mol. The zero-order valence-corrected chi connectivity index (χ0v) is 10.0. The molecule has 2 nitrogen and oxygen atoms in total. The lowest BCUT2D eigenvalue weighted by Crippen LogP contribution is -2.47. The molecular weight excluding hydrogens is 198 g/mol. The van der Waals surface area contributed by atoms with E-state index in [1.165, 1.54) is 12.8 Å². The number of amides is 1. The van der Waals surface area contributed by atoms with Crippen molar-refractivity contribution in [2.45, 2.75) is 57.9 Å². The first-order valence-corrected chi connectivity index (χ1v) is 5.80. The molecule has 0 heterocycles. The third-order valence-corrected chi connectivity index (χ3v) is 3.20. The SMILES string of the molecule is CC(C)(C)C(=O)N[C@@H]1CCCC[C@@H]1Cl. The van der Waals surface area contributed by atoms with Gasteiger partial charge in [0.05, 0.1) is 5.38 Å². The van der Waals surface area contributed by atoms with Gasteiger partial charge in [0, 0.05) is 11.5 Å². The van der Waals surface area contributed by atoms with Gasteiger partial charge < -0.3 is 5.32 Å². The summed E-state index contributed by atoms with van der Waals surface area (Å²) >= 11 is 6.16. The van der Waals surface area contributed by atoms with Crippen molar-refractivity contribution in [2.75, 3.05) is 0 Å². The maximum atomic E-state index is 11.7. The quantitative estimate of drug-likeness (QED) is 0.673. The molecule has 0 unspecified atom stereocenters. The number of nitrogens with one attached hydrogen (secondary N) is 1. The largest absolute Gasteiger partial charge is 0.351 e. The monoisotopic (exact) mass is 217 g/mol. The van der Waals surface area contributed by atoms with E-state index in [2.05, 4.69) is 5.32 Å². The van der Waals surface area contributed by atoms with Crippen molar-refractivity contribution in [3.05, 3.63) is 0 Å². The van der Waals surface area contributed by atoms with Crippen molar-refractivity contribution in [1.29, 1.82) is 0 Å². The molecule has 1 aliphatic rings. The minimum Gasteiger partial charge on any atom is -0.351 e. The fourth-order valence-electron chi connectivity index (χ4n) is 1.63. The van der Waals surface area contributed by atoms with Crippen LogP contribution in [0.2, 0.25) is 0 Å². The van der Waals surface area contributed by atoms with Gasteiger partial charge in [-0.25, -0.2) is 0 Å². The summed E-state index contributed by atoms with van der Waals surface area (Å²) in [6.45, 7) is 5.77. The molecule has 1 rings (SSSR count). The smallest absolute Gasteiger partial charge is 0.225 e. The lowest BCUT2D eigenvalue weighted by atomic mass is 9.91. The first-order chi connectivity index (χ1) is 6.41. The highest BCUT2D eigenvalue weighted by molar-refractivity contribution is 6.21. The fraction of sp³-hybridized carbons (Fsp3) is 0.909. The third-order valence-electron chi connectivity index (χ3n) is 2.68. The van der Waals surface area contributed by atoms with Crippen LogP contribution < -0.4 is 5.32 Å². The molecule has 0 aliphatic heterocycles. The van der Waals surface area contributed by atoms with E-state index in [1.54, 1.807) is 0 Å². The Balaban J connectivity index is 2.46. The number of alkyl halides is 1. The summed E-state index contributed by atoms with van der Waals surface area (Å²) in [5.74, 6) is 0.107. The van der Waals surface area contributed by atoms with Crippen LogP contribution >= 0.6 is 11.6 Å². The Hall–Kier alpha value is -0.240. The summed E-state index contributed by atoms with van der Waals surface area (Å²) in [5, 5.41) is 3.16. The van der Waals surface area contributed by atoms with Crippen LogP contribution in [-0.4, -0.2) is 17.3 Å². The zero-order chi connectivity index (χ0) is 10.8. The predicted octanol–water partition coefficient (Wildman–Crippen LogP) is 2.70. The number of carbonyl (C=O) groups excluding carboxylic acids is 1. The average Bonchev–Trinajstić information content (AvgIpc) is 2.07. The minimum absolute atomic E-state index is 0.107. The maximum absolute atomic E-state index is 11.7. The standard InChI is InChI=1S/C11H20ClNO/c1-11(2,3)10(14)13-9-7-5-4-6-8(9)12/h8-9H,4-7H2,1-3H3,(H,13,14)/t8-,9+/m0/s1. The van der Waals surface area contributed by atoms with Gasteiger partial charge in [0.15, 0.2) is 0 Å². The molecule has 1 amide bonds. The molecule has 0 aromatic carbocycles. The van der Waals surface area contributed by atoms with Crippen LogP contribution in [0, 0.1) is 5.41 Å². The van der Waals surface area contributed by atoms with Crippen molar-refractivity contribution in [2.24, 2.45) is 5.41 Å². The van der Waals surface area contributed by atoms with E-state index in [9.17, 15) is 4.79 Å². The van der Waals surface area contributed by atoms with Gasteiger partial charge >= 0.3 is 0 Å². The number of hydrogen-bond donors (Lipinski definition) is 1. The van der Waals surface area contributed by atoms with Gasteiger partial charge in [0.2, 0.25) is 5.91 Å². The van der Waals surface area contributed by atoms with E-state index in [0.29, 0.717) is 0 Å². The van der Waals surface area contributed by atoms with Gasteiger partial charge in [-0.1, -0.05) is 33.6 Å². The van der Waals surface area contributed by atoms with Gasteiger partial charge in [-0.05, 0) is 12.8 Å². The summed E-state index contributed by atoms with van der Waals surface area (Å²) in [6.07, 6.45) is 4.42. The van der Waals surface area contributed by atoms with E-state index < -0.39 is 0 Å². The average molecular weight is 218 g/mol. The highest BCUT2D eigenvalue weighted by Gasteiger charge is 2.28. The normalized spacial score (nSPS) is 28.6. The molecule has 14 heavy (non-hydrogen) atoms. The molecule has 0 aromatic heterocycles. The lowest BCUT2D eigenvalue weighted by molar-refractivity contribution is -0.129. The van der Waals surface area contributed by atoms with Gasteiger partial charge in [0.1, 0.15) is 0 Å². The summed E-state index contributed by atoms with van der Waals surface area (Å²) in [6, 6.07) is 0.178. The van der Waals surface area contributed by atoms with Gasteiger partial charge in [-0.2, -0.15) is 0 Å². The molecule has 0 aromatic rings. The summed E-state index contributed by atoms with van der Waals surface area (Å²) in [5.41, 5.74) is -0.311. The molecule has 0 radical (unpaired) electrons. The Labute approximate surface area is 91.4 Å². The van der Waals surface area contributed by atoms with Crippen LogP contribution in [0.4, 0.5) is 0 Å². The minimum atomic E-state index is -0.311. The van der Waals surface area contributed by atoms with E-state index in [4.69, 9.17) is 11.6 Å². The van der Waals surface area contributed by atoms with Crippen LogP contribution in [0.1, 0.15) is 46.5 Å². The van der Waals surface area contributed by atoms with Crippen molar-refractivity contribution in [1.82, 2.24) is 5.32 Å². The van der Waals surface area contributed by atoms with Crippen LogP contribution in [-0.2, 0) is 4.79 Å². The van der Waals surface area contributed by atoms with E-state index >= 15 is 0 Å². The molecule has 1 fully saturated rings. The Morgan fingerprint density at radius 3 is 2.36 bits per heavy atom. The Morgan fingerprint density at radius 1 is 1.29 bits per heavy atom. The Morgan fingerprint density at radius 2 is 1.86 bits per heavy atom. The van der Waals surface area contributed by atoms with Crippen LogP contribution in [0.3, 0.4) is 0 Å². The second-order valence-corrected chi connectivity index (χ2v) is 5.69. The Kier molecular flexibility index (Phi) is 3.82. The summed E-state index contributed by atoms with van der Waals surface area (Å²) in [4.78, 5) is 11.7. The highest BCUT2D eigenvalue weighted by Crippen LogP contribution is 2.24. The van der Waals surface area contributed by atoms with Crippen LogP contribution in [0.15, 0.2) is 0 Å². The molecular formula is C11H20ClNO. The van der Waals surface area contributed by atoms with Crippen LogP contribution in [0.25, 0.3) is 0 Å². The number of halogens is 1. The third kappa shape index (κ3) is 3.16. The molecule has 1 saturated carbocycles. The van der Waals surface area contributed by atoms with E-state index in [-0.39, 0.29) is 22.7 Å². The number of carbonyl (C=O) groups is 1. The van der Waals surface area contributed by atoms with E-state index in [0.717, 1.165) is 12.8 Å². The van der Waals surface area contributed by atoms with Crippen molar-refractivity contribution in [3.63, 3.8) is 0 Å². The Bertz CT molecular complexity index is 210. The van der Waals surface area contributed by atoms with Gasteiger partial charge in [-0.3, -0.25) is 4.79 Å². The summed E-state index contributed by atoms with van der Waals surface area (Å²) < 4.78 is 0. The van der Waals surface area contributed by atoms with Crippen molar-refractivity contribution < 1.29 is 4.79 Å². The molecule has 1 N–H and O–H groups in total. The van der Waals surface area contributed by atoms with E-state index in [1.807, 2.05) is 20.8 Å². The molecule has 0 bridgehead atoms. The molecule has 82 valence electrons. The van der Waals surface area contributed by atoms with Crippen molar-refractivity contribution >= 4 is 17.5 Å². The van der Waals surface area contributed by atoms with Crippen molar-refractivity contribution in [3.8, 4) is 0 Å². The van der Waals surface area contributed by atoms with Gasteiger partial charge in [0.25, 0.3) is 0 Å². The molecule has 3 heteroatoms. The number of rotatable bonds is 1. The molecule has 1 aliphatic carbocycles. The first-order valence-electron chi connectivity index (χ1n) is 5.36. The fourth-order valence-corrected chi connectivity index (χ4v) is 1.98. The summed E-state index contributed by atoms with van der Waals surface area (Å²) in [7, 11) is 0. The first kappa shape index (κ1) is 11.8. The second-order valence-electron chi connectivity index (χ2n) is 5.13. The molecule has 0 spiro atoms. The van der Waals surface area contributed by atoms with Gasteiger partial charge in [-0.15, -0.1) is 11.6 Å². The van der Waals surface area contributed by atoms with Crippen LogP contribution in [0.5, 0.6) is 0 Å². The maximum Gasteiger partial charge on any atom is 0.225 e. The molecule has 2 atom stereocenters.